The Balaban J connectivity index is 1.97. The number of anilines is 1. The van der Waals surface area contributed by atoms with Crippen LogP contribution in [0.2, 0.25) is 0 Å². The lowest BCUT2D eigenvalue weighted by atomic mass is 10.2. The smallest absolute Gasteiger partial charge is 0.319 e. The van der Waals surface area contributed by atoms with Gasteiger partial charge in [0.2, 0.25) is 5.91 Å². The van der Waals surface area contributed by atoms with Crippen molar-refractivity contribution in [2.75, 3.05) is 18.9 Å². The third kappa shape index (κ3) is 4.27. The van der Waals surface area contributed by atoms with Gasteiger partial charge in [-0.05, 0) is 37.3 Å². The Bertz CT molecular complexity index is 670. The Hall–Kier alpha value is -2.96. The van der Waals surface area contributed by atoms with E-state index in [0.717, 1.165) is 11.3 Å². The summed E-state index contributed by atoms with van der Waals surface area (Å²) in [7, 11) is 1.51. The van der Waals surface area contributed by atoms with Crippen LogP contribution in [-0.4, -0.2) is 35.5 Å². The molecule has 7 heteroatoms. The van der Waals surface area contributed by atoms with E-state index in [4.69, 9.17) is 0 Å². The fraction of sp³-hybridized carbons (Fsp3) is 0.200. The largest absolute Gasteiger partial charge is 0.358 e. The van der Waals surface area contributed by atoms with Gasteiger partial charge < -0.3 is 16.0 Å². The number of benzene rings is 1. The minimum absolute atomic E-state index is 0.0719. The van der Waals surface area contributed by atoms with Crippen molar-refractivity contribution >= 4 is 17.6 Å². The summed E-state index contributed by atoms with van der Waals surface area (Å²) in [4.78, 5) is 31.2. The summed E-state index contributed by atoms with van der Waals surface area (Å²) in [6, 6.07) is 8.53. The monoisotopic (exact) mass is 299 g/mol. The predicted octanol–water partition coefficient (Wildman–Crippen LogP) is 1.32. The third-order valence-corrected chi connectivity index (χ3v) is 2.88. The van der Waals surface area contributed by atoms with Crippen molar-refractivity contribution in [3.8, 4) is 11.4 Å². The summed E-state index contributed by atoms with van der Waals surface area (Å²) in [5, 5.41) is 7.51. The van der Waals surface area contributed by atoms with E-state index in [0.29, 0.717) is 11.5 Å². The molecule has 0 aliphatic heterocycles. The van der Waals surface area contributed by atoms with Gasteiger partial charge in [0.25, 0.3) is 0 Å². The minimum Gasteiger partial charge on any atom is -0.358 e. The first-order valence-electron chi connectivity index (χ1n) is 6.74. The fourth-order valence-corrected chi connectivity index (χ4v) is 1.71. The lowest BCUT2D eigenvalue weighted by molar-refractivity contribution is -0.119. The number of urea groups is 1. The van der Waals surface area contributed by atoms with Crippen molar-refractivity contribution < 1.29 is 9.59 Å². The van der Waals surface area contributed by atoms with Crippen LogP contribution in [0.15, 0.2) is 36.5 Å². The first-order chi connectivity index (χ1) is 10.6. The maximum atomic E-state index is 11.6. The number of nitrogens with zero attached hydrogens (tertiary/aromatic N) is 2. The highest BCUT2D eigenvalue weighted by Gasteiger charge is 2.05. The molecular formula is C15H17N5O2. The second kappa shape index (κ2) is 7.16. The van der Waals surface area contributed by atoms with Gasteiger partial charge in [-0.25, -0.2) is 14.8 Å². The van der Waals surface area contributed by atoms with Crippen LogP contribution >= 0.6 is 0 Å². The van der Waals surface area contributed by atoms with Gasteiger partial charge >= 0.3 is 6.03 Å². The lowest BCUT2D eigenvalue weighted by Gasteiger charge is -2.07. The van der Waals surface area contributed by atoms with Crippen LogP contribution in [0.3, 0.4) is 0 Å². The van der Waals surface area contributed by atoms with Crippen molar-refractivity contribution in [3.63, 3.8) is 0 Å². The molecule has 0 saturated carbocycles. The highest BCUT2D eigenvalue weighted by molar-refractivity contribution is 5.92. The second-order valence-corrected chi connectivity index (χ2v) is 4.58. The van der Waals surface area contributed by atoms with Gasteiger partial charge in [0.15, 0.2) is 5.82 Å². The number of carbonyl (C=O) groups excluding carboxylic acids is 2. The van der Waals surface area contributed by atoms with E-state index in [9.17, 15) is 9.59 Å². The van der Waals surface area contributed by atoms with Crippen molar-refractivity contribution in [3.05, 3.63) is 42.2 Å². The Morgan fingerprint density at radius 2 is 1.86 bits per heavy atom. The molecule has 1 heterocycles. The van der Waals surface area contributed by atoms with E-state index in [1.807, 2.05) is 25.1 Å². The number of hydrogen-bond acceptors (Lipinski definition) is 4. The minimum atomic E-state index is -0.442. The number of rotatable bonds is 4. The van der Waals surface area contributed by atoms with Crippen LogP contribution in [0.1, 0.15) is 5.69 Å². The number of likely N-dealkylation sites (N-methyl/N-ethyl adjacent to an activating group) is 1. The van der Waals surface area contributed by atoms with E-state index in [-0.39, 0.29) is 12.5 Å². The average molecular weight is 299 g/mol. The van der Waals surface area contributed by atoms with Crippen LogP contribution in [0.5, 0.6) is 0 Å². The van der Waals surface area contributed by atoms with Crippen LogP contribution in [0.4, 0.5) is 10.5 Å². The standard InChI is InChI=1S/C15H17N5O2/c1-10-7-8-17-14(19-10)11-3-5-12(6-4-11)20-15(22)18-9-13(21)16-2/h3-8H,9H2,1-2H3,(H,16,21)(H2,18,20,22). The van der Waals surface area contributed by atoms with Gasteiger partial charge in [0, 0.05) is 30.2 Å². The molecule has 2 rings (SSSR count). The number of carbonyl (C=O) groups is 2. The van der Waals surface area contributed by atoms with E-state index < -0.39 is 6.03 Å². The molecular weight excluding hydrogens is 282 g/mol. The van der Waals surface area contributed by atoms with E-state index in [1.165, 1.54) is 7.05 Å². The Kier molecular flexibility index (Phi) is 5.02. The molecule has 114 valence electrons. The average Bonchev–Trinajstić information content (AvgIpc) is 2.53. The van der Waals surface area contributed by atoms with E-state index >= 15 is 0 Å². The highest BCUT2D eigenvalue weighted by Crippen LogP contribution is 2.17. The molecule has 3 amide bonds. The van der Waals surface area contributed by atoms with Crippen LogP contribution in [0, 0.1) is 6.92 Å². The Labute approximate surface area is 128 Å². The number of aromatic nitrogens is 2. The van der Waals surface area contributed by atoms with Crippen molar-refractivity contribution in [2.24, 2.45) is 0 Å². The van der Waals surface area contributed by atoms with Crippen LogP contribution in [0.25, 0.3) is 11.4 Å². The SMILES string of the molecule is CNC(=O)CNC(=O)Nc1ccc(-c2nccc(C)n2)cc1. The van der Waals surface area contributed by atoms with E-state index in [1.54, 1.807) is 18.3 Å². The summed E-state index contributed by atoms with van der Waals surface area (Å²) < 4.78 is 0. The van der Waals surface area contributed by atoms with E-state index in [2.05, 4.69) is 25.9 Å². The van der Waals surface area contributed by atoms with Crippen LogP contribution in [-0.2, 0) is 4.79 Å². The summed E-state index contributed by atoms with van der Waals surface area (Å²) in [6.45, 7) is 1.83. The molecule has 0 bridgehead atoms. The van der Waals surface area contributed by atoms with Crippen molar-refractivity contribution in [2.45, 2.75) is 6.92 Å². The van der Waals surface area contributed by atoms with Crippen molar-refractivity contribution in [1.29, 1.82) is 0 Å². The quantitative estimate of drug-likeness (QED) is 0.793. The Morgan fingerprint density at radius 1 is 1.14 bits per heavy atom. The number of amides is 3. The molecule has 7 nitrogen and oxygen atoms in total. The predicted molar refractivity (Wildman–Crippen MR) is 83.3 cm³/mol. The molecule has 1 aromatic heterocycles. The molecule has 3 N–H and O–H groups in total. The molecule has 0 fully saturated rings. The topological polar surface area (TPSA) is 96.0 Å². The lowest BCUT2D eigenvalue weighted by Crippen LogP contribution is -2.37. The normalized spacial score (nSPS) is 9.91. The van der Waals surface area contributed by atoms with Crippen LogP contribution < -0.4 is 16.0 Å². The zero-order chi connectivity index (χ0) is 15.9. The molecule has 0 aliphatic carbocycles. The number of aryl methyl sites for hydroxylation is 1. The molecule has 0 radical (unpaired) electrons. The van der Waals surface area contributed by atoms with Crippen molar-refractivity contribution in [1.82, 2.24) is 20.6 Å². The summed E-state index contributed by atoms with van der Waals surface area (Å²) in [5.74, 6) is 0.373. The van der Waals surface area contributed by atoms with Gasteiger partial charge in [0.1, 0.15) is 0 Å². The number of nitrogens with one attached hydrogen (secondary N) is 3. The molecule has 22 heavy (non-hydrogen) atoms. The molecule has 2 aromatic rings. The first-order valence-corrected chi connectivity index (χ1v) is 6.74. The maximum absolute atomic E-state index is 11.6. The zero-order valence-electron chi connectivity index (χ0n) is 12.4. The molecule has 0 aliphatic rings. The molecule has 0 unspecified atom stereocenters. The fourth-order valence-electron chi connectivity index (χ4n) is 1.71. The van der Waals surface area contributed by atoms with Gasteiger partial charge in [-0.1, -0.05) is 0 Å². The van der Waals surface area contributed by atoms with Gasteiger partial charge in [-0.3, -0.25) is 4.79 Å². The van der Waals surface area contributed by atoms with Gasteiger partial charge in [0.05, 0.1) is 6.54 Å². The molecule has 0 atom stereocenters. The number of hydrogen-bond donors (Lipinski definition) is 3. The zero-order valence-corrected chi connectivity index (χ0v) is 12.4. The molecule has 0 saturated heterocycles. The first kappa shape index (κ1) is 15.4. The second-order valence-electron chi connectivity index (χ2n) is 4.58. The molecule has 1 aromatic carbocycles. The Morgan fingerprint density at radius 3 is 2.50 bits per heavy atom. The third-order valence-electron chi connectivity index (χ3n) is 2.88. The highest BCUT2D eigenvalue weighted by atomic mass is 16.2. The summed E-state index contributed by atoms with van der Waals surface area (Å²) in [5.41, 5.74) is 2.37. The summed E-state index contributed by atoms with van der Waals surface area (Å²) >= 11 is 0. The van der Waals surface area contributed by atoms with Gasteiger partial charge in [-0.2, -0.15) is 0 Å². The summed E-state index contributed by atoms with van der Waals surface area (Å²) in [6.07, 6.45) is 1.70. The molecule has 0 spiro atoms. The van der Waals surface area contributed by atoms with Gasteiger partial charge in [-0.15, -0.1) is 0 Å². The maximum Gasteiger partial charge on any atom is 0.319 e.